The number of carboxylic acid groups (broad SMARTS) is 1. The van der Waals surface area contributed by atoms with E-state index in [1.807, 2.05) is 6.92 Å². The average molecular weight is 333 g/mol. The molecular weight excluding hydrogens is 314 g/mol. The molecule has 9 heteroatoms. The second-order valence-electron chi connectivity index (χ2n) is 5.18. The number of carboxylic acids is 1. The highest BCUT2D eigenvalue weighted by molar-refractivity contribution is 7.90. The van der Waals surface area contributed by atoms with E-state index in [0.717, 1.165) is 35.1 Å². The summed E-state index contributed by atoms with van der Waals surface area (Å²) in [6, 6.07) is -0.0755. The van der Waals surface area contributed by atoms with E-state index in [0.29, 0.717) is 12.2 Å². The predicted octanol–water partition coefficient (Wildman–Crippen LogP) is 1.71. The molecule has 1 aliphatic rings. The number of hydrogen-bond donors (Lipinski definition) is 1. The Bertz CT molecular complexity index is 641. The number of aryl methyl sites for hydroxylation is 1. The van der Waals surface area contributed by atoms with Crippen molar-refractivity contribution in [2.75, 3.05) is 17.9 Å². The van der Waals surface area contributed by atoms with Crippen molar-refractivity contribution in [3.05, 3.63) is 11.3 Å². The van der Waals surface area contributed by atoms with Gasteiger partial charge >= 0.3 is 16.2 Å². The SMILES string of the molecule is Cc1nsc(N(C)S(=O)(=O)N2CCCCC2C)c1C(=O)O. The molecule has 21 heavy (non-hydrogen) atoms. The molecule has 0 radical (unpaired) electrons. The molecule has 0 aliphatic carbocycles. The number of aromatic nitrogens is 1. The molecular formula is C12H19N3O4S2. The Hall–Kier alpha value is -1.19. The Balaban J connectivity index is 2.39. The van der Waals surface area contributed by atoms with Crippen LogP contribution >= 0.6 is 11.5 Å². The fourth-order valence-electron chi connectivity index (χ4n) is 2.50. The van der Waals surface area contributed by atoms with Gasteiger partial charge in [-0.15, -0.1) is 0 Å². The van der Waals surface area contributed by atoms with Gasteiger partial charge in [-0.3, -0.25) is 0 Å². The van der Waals surface area contributed by atoms with Crippen LogP contribution in [0.25, 0.3) is 0 Å². The molecule has 118 valence electrons. The van der Waals surface area contributed by atoms with Gasteiger partial charge in [0.25, 0.3) is 0 Å². The maximum atomic E-state index is 12.7. The third-order valence-electron chi connectivity index (χ3n) is 3.73. The van der Waals surface area contributed by atoms with Crippen molar-refractivity contribution in [1.82, 2.24) is 8.68 Å². The monoisotopic (exact) mass is 333 g/mol. The molecule has 1 aliphatic heterocycles. The molecule has 1 fully saturated rings. The summed E-state index contributed by atoms with van der Waals surface area (Å²) in [5.41, 5.74) is 0.284. The van der Waals surface area contributed by atoms with Gasteiger partial charge in [0.15, 0.2) is 0 Å². The van der Waals surface area contributed by atoms with Gasteiger partial charge in [0.1, 0.15) is 10.6 Å². The van der Waals surface area contributed by atoms with Crippen LogP contribution in [-0.4, -0.2) is 47.8 Å². The Morgan fingerprint density at radius 1 is 1.48 bits per heavy atom. The van der Waals surface area contributed by atoms with Crippen LogP contribution in [0.4, 0.5) is 5.00 Å². The van der Waals surface area contributed by atoms with Crippen LogP contribution in [0.2, 0.25) is 0 Å². The van der Waals surface area contributed by atoms with Crippen molar-refractivity contribution in [1.29, 1.82) is 0 Å². The third-order valence-corrected chi connectivity index (χ3v) is 6.87. The second kappa shape index (κ2) is 5.90. The van der Waals surface area contributed by atoms with Gasteiger partial charge < -0.3 is 5.11 Å². The highest BCUT2D eigenvalue weighted by Gasteiger charge is 2.35. The summed E-state index contributed by atoms with van der Waals surface area (Å²) >= 11 is 0.894. The topological polar surface area (TPSA) is 90.8 Å². The van der Waals surface area contributed by atoms with Gasteiger partial charge in [0.2, 0.25) is 0 Å². The highest BCUT2D eigenvalue weighted by atomic mass is 32.2. The maximum Gasteiger partial charge on any atom is 0.340 e. The van der Waals surface area contributed by atoms with Crippen LogP contribution in [0.3, 0.4) is 0 Å². The molecule has 0 aromatic carbocycles. The van der Waals surface area contributed by atoms with Crippen molar-refractivity contribution >= 4 is 32.7 Å². The largest absolute Gasteiger partial charge is 0.478 e. The summed E-state index contributed by atoms with van der Waals surface area (Å²) in [6.45, 7) is 3.90. The number of hydrogen-bond acceptors (Lipinski definition) is 5. The van der Waals surface area contributed by atoms with E-state index >= 15 is 0 Å². The Kier molecular flexibility index (Phi) is 4.54. The van der Waals surface area contributed by atoms with Crippen molar-refractivity contribution in [3.63, 3.8) is 0 Å². The minimum absolute atomic E-state index is 0.0456. The van der Waals surface area contributed by atoms with E-state index in [1.54, 1.807) is 6.92 Å². The van der Waals surface area contributed by atoms with E-state index < -0.39 is 16.2 Å². The van der Waals surface area contributed by atoms with Crippen LogP contribution in [0.15, 0.2) is 0 Å². The first-order valence-electron chi connectivity index (χ1n) is 6.72. The fourth-order valence-corrected chi connectivity index (χ4v) is 5.17. The van der Waals surface area contributed by atoms with Crippen LogP contribution < -0.4 is 4.31 Å². The Labute approximate surface area is 128 Å². The summed E-state index contributed by atoms with van der Waals surface area (Å²) < 4.78 is 31.9. The predicted molar refractivity (Wildman–Crippen MR) is 81.2 cm³/mol. The highest BCUT2D eigenvalue weighted by Crippen LogP contribution is 2.32. The molecule has 0 bridgehead atoms. The molecule has 1 saturated heterocycles. The zero-order chi connectivity index (χ0) is 15.8. The van der Waals surface area contributed by atoms with Crippen molar-refractivity contribution in [2.24, 2.45) is 0 Å². The van der Waals surface area contributed by atoms with Gasteiger partial charge in [0.05, 0.1) is 5.69 Å². The number of nitrogens with zero attached hydrogens (tertiary/aromatic N) is 3. The lowest BCUT2D eigenvalue weighted by molar-refractivity contribution is 0.0697. The molecule has 1 aromatic heterocycles. The molecule has 2 heterocycles. The molecule has 0 amide bonds. The average Bonchev–Trinajstić information content (AvgIpc) is 2.80. The molecule has 0 saturated carbocycles. The second-order valence-corrected chi connectivity index (χ2v) is 7.85. The number of carbonyl (C=O) groups is 1. The molecule has 1 aromatic rings. The lowest BCUT2D eigenvalue weighted by Gasteiger charge is -2.35. The molecule has 2 rings (SSSR count). The Morgan fingerprint density at radius 2 is 2.14 bits per heavy atom. The normalized spacial score (nSPS) is 20.4. The number of piperidine rings is 1. The van der Waals surface area contributed by atoms with E-state index in [4.69, 9.17) is 0 Å². The zero-order valence-electron chi connectivity index (χ0n) is 12.2. The minimum atomic E-state index is -3.73. The maximum absolute atomic E-state index is 12.7. The van der Waals surface area contributed by atoms with Crippen molar-refractivity contribution < 1.29 is 18.3 Å². The number of aromatic carboxylic acids is 1. The Morgan fingerprint density at radius 3 is 2.71 bits per heavy atom. The minimum Gasteiger partial charge on any atom is -0.478 e. The number of anilines is 1. The first-order chi connectivity index (χ1) is 9.76. The summed E-state index contributed by atoms with van der Waals surface area (Å²) in [7, 11) is -2.35. The van der Waals surface area contributed by atoms with Crippen LogP contribution in [0.5, 0.6) is 0 Å². The van der Waals surface area contributed by atoms with Gasteiger partial charge in [0, 0.05) is 19.6 Å². The smallest absolute Gasteiger partial charge is 0.340 e. The lowest BCUT2D eigenvalue weighted by atomic mass is 10.1. The van der Waals surface area contributed by atoms with Gasteiger partial charge in [-0.2, -0.15) is 17.1 Å². The summed E-state index contributed by atoms with van der Waals surface area (Å²) in [5, 5.41) is 9.39. The first kappa shape index (κ1) is 16.2. The van der Waals surface area contributed by atoms with Gasteiger partial charge in [-0.05, 0) is 38.2 Å². The first-order valence-corrected chi connectivity index (χ1v) is 8.89. The van der Waals surface area contributed by atoms with Crippen LogP contribution in [0, 0.1) is 6.92 Å². The summed E-state index contributed by atoms with van der Waals surface area (Å²) in [6.07, 6.45) is 2.66. The fraction of sp³-hybridized carbons (Fsp3) is 0.667. The van der Waals surface area contributed by atoms with E-state index in [2.05, 4.69) is 4.37 Å². The molecule has 0 spiro atoms. The summed E-state index contributed by atoms with van der Waals surface area (Å²) in [4.78, 5) is 11.3. The van der Waals surface area contributed by atoms with E-state index in [-0.39, 0.29) is 16.6 Å². The standard InChI is InChI=1S/C12H19N3O4S2/c1-8-6-4-5-7-15(8)21(18,19)14(3)11-10(12(16)17)9(2)13-20-11/h8H,4-7H2,1-3H3,(H,16,17). The van der Waals surface area contributed by atoms with Crippen LogP contribution in [0.1, 0.15) is 42.2 Å². The van der Waals surface area contributed by atoms with Crippen molar-refractivity contribution in [3.8, 4) is 0 Å². The quantitative estimate of drug-likeness (QED) is 0.905. The van der Waals surface area contributed by atoms with E-state index in [9.17, 15) is 18.3 Å². The lowest BCUT2D eigenvalue weighted by Crippen LogP contribution is -2.48. The number of rotatable bonds is 4. The molecule has 1 atom stereocenters. The van der Waals surface area contributed by atoms with E-state index in [1.165, 1.54) is 11.4 Å². The molecule has 1 unspecified atom stereocenters. The molecule has 1 N–H and O–H groups in total. The van der Waals surface area contributed by atoms with Gasteiger partial charge in [-0.1, -0.05) is 6.42 Å². The van der Waals surface area contributed by atoms with Gasteiger partial charge in [-0.25, -0.2) is 9.10 Å². The van der Waals surface area contributed by atoms with Crippen LogP contribution in [-0.2, 0) is 10.2 Å². The molecule has 7 nitrogen and oxygen atoms in total. The van der Waals surface area contributed by atoms with Crippen molar-refractivity contribution in [2.45, 2.75) is 39.2 Å². The summed E-state index contributed by atoms with van der Waals surface area (Å²) in [5.74, 6) is -1.16. The third kappa shape index (κ3) is 2.90. The zero-order valence-corrected chi connectivity index (χ0v) is 13.9.